The highest BCUT2D eigenvalue weighted by molar-refractivity contribution is 5.98. The number of rotatable bonds is 7. The van der Waals surface area contributed by atoms with Crippen molar-refractivity contribution in [3.05, 3.63) is 96.1 Å². The molecule has 0 unspecified atom stereocenters. The van der Waals surface area contributed by atoms with Gasteiger partial charge in [-0.1, -0.05) is 0 Å². The number of aromatic amines is 1. The summed E-state index contributed by atoms with van der Waals surface area (Å²) >= 11 is 0. The van der Waals surface area contributed by atoms with Crippen LogP contribution in [0.1, 0.15) is 28.2 Å². The van der Waals surface area contributed by atoms with Gasteiger partial charge in [0, 0.05) is 54.4 Å². The SMILES string of the molecule is Cc1cncc(-c2nc3cc(C(=O)NCCCc4ncc[nH]4)ccc3nc2-c2ccc(F)cc2)c1. The van der Waals surface area contributed by atoms with Crippen molar-refractivity contribution in [2.45, 2.75) is 19.8 Å². The largest absolute Gasteiger partial charge is 0.352 e. The second kappa shape index (κ2) is 9.80. The lowest BCUT2D eigenvalue weighted by Crippen LogP contribution is -2.24. The van der Waals surface area contributed by atoms with E-state index in [9.17, 15) is 9.18 Å². The molecule has 8 heteroatoms. The zero-order valence-electron chi connectivity index (χ0n) is 19.1. The monoisotopic (exact) mass is 466 g/mol. The zero-order chi connectivity index (χ0) is 24.2. The summed E-state index contributed by atoms with van der Waals surface area (Å²) in [5.41, 5.74) is 5.52. The van der Waals surface area contributed by atoms with Crippen LogP contribution in [0.3, 0.4) is 0 Å². The minimum atomic E-state index is -0.318. The first kappa shape index (κ1) is 22.3. The number of carbonyl (C=O) groups excluding carboxylic acids is 1. The second-order valence-corrected chi connectivity index (χ2v) is 8.28. The number of halogens is 1. The molecule has 0 saturated carbocycles. The Labute approximate surface area is 201 Å². The number of benzene rings is 2. The molecule has 3 aromatic heterocycles. The number of imidazole rings is 1. The molecule has 0 aliphatic rings. The molecular formula is C27H23FN6O. The van der Waals surface area contributed by atoms with E-state index in [4.69, 9.17) is 9.97 Å². The van der Waals surface area contributed by atoms with Crippen LogP contribution in [0.2, 0.25) is 0 Å². The van der Waals surface area contributed by atoms with Crippen molar-refractivity contribution in [3.8, 4) is 22.5 Å². The van der Waals surface area contributed by atoms with Gasteiger partial charge in [0.2, 0.25) is 0 Å². The van der Waals surface area contributed by atoms with Gasteiger partial charge < -0.3 is 10.3 Å². The first-order chi connectivity index (χ1) is 17.1. The van der Waals surface area contributed by atoms with Gasteiger partial charge in [0.1, 0.15) is 11.6 Å². The van der Waals surface area contributed by atoms with Crippen molar-refractivity contribution in [2.75, 3.05) is 6.54 Å². The lowest BCUT2D eigenvalue weighted by Gasteiger charge is -2.12. The first-order valence-electron chi connectivity index (χ1n) is 11.3. The Balaban J connectivity index is 1.46. The highest BCUT2D eigenvalue weighted by atomic mass is 19.1. The van der Waals surface area contributed by atoms with Crippen LogP contribution >= 0.6 is 0 Å². The predicted molar refractivity (Wildman–Crippen MR) is 132 cm³/mol. The maximum Gasteiger partial charge on any atom is 0.251 e. The molecule has 0 spiro atoms. The molecule has 0 aliphatic carbocycles. The van der Waals surface area contributed by atoms with Gasteiger partial charge in [0.25, 0.3) is 5.91 Å². The molecule has 0 aliphatic heterocycles. The average molecular weight is 467 g/mol. The first-order valence-corrected chi connectivity index (χ1v) is 11.3. The van der Waals surface area contributed by atoms with Gasteiger partial charge in [-0.15, -0.1) is 0 Å². The molecule has 0 saturated heterocycles. The number of fused-ring (bicyclic) bond motifs is 1. The van der Waals surface area contributed by atoms with E-state index in [1.165, 1.54) is 12.1 Å². The van der Waals surface area contributed by atoms with Crippen molar-refractivity contribution >= 4 is 16.9 Å². The molecule has 2 aromatic carbocycles. The lowest BCUT2D eigenvalue weighted by molar-refractivity contribution is 0.0953. The van der Waals surface area contributed by atoms with Gasteiger partial charge in [-0.05, 0) is 67.4 Å². The van der Waals surface area contributed by atoms with Crippen LogP contribution in [0.15, 0.2) is 73.3 Å². The van der Waals surface area contributed by atoms with Gasteiger partial charge in [-0.3, -0.25) is 9.78 Å². The second-order valence-electron chi connectivity index (χ2n) is 8.28. The molecule has 5 rings (SSSR count). The predicted octanol–water partition coefficient (Wildman–Crippen LogP) is 4.89. The number of nitrogens with one attached hydrogen (secondary N) is 2. The van der Waals surface area contributed by atoms with E-state index in [1.807, 2.05) is 13.0 Å². The Morgan fingerprint density at radius 1 is 0.971 bits per heavy atom. The van der Waals surface area contributed by atoms with Crippen LogP contribution < -0.4 is 5.32 Å². The van der Waals surface area contributed by atoms with E-state index < -0.39 is 0 Å². The van der Waals surface area contributed by atoms with E-state index in [-0.39, 0.29) is 11.7 Å². The lowest BCUT2D eigenvalue weighted by atomic mass is 10.0. The number of carbonyl (C=O) groups is 1. The Morgan fingerprint density at radius 2 is 1.77 bits per heavy atom. The number of pyridine rings is 1. The molecule has 3 heterocycles. The Morgan fingerprint density at radius 3 is 2.54 bits per heavy atom. The summed E-state index contributed by atoms with van der Waals surface area (Å²) < 4.78 is 13.5. The van der Waals surface area contributed by atoms with Gasteiger partial charge in [0.15, 0.2) is 0 Å². The summed E-state index contributed by atoms with van der Waals surface area (Å²) in [5.74, 6) is 0.408. The van der Waals surface area contributed by atoms with Crippen LogP contribution in [-0.2, 0) is 6.42 Å². The van der Waals surface area contributed by atoms with Crippen molar-refractivity contribution in [2.24, 2.45) is 0 Å². The Bertz CT molecular complexity index is 1480. The van der Waals surface area contributed by atoms with Gasteiger partial charge >= 0.3 is 0 Å². The zero-order valence-corrected chi connectivity index (χ0v) is 19.1. The minimum absolute atomic E-state index is 0.172. The third-order valence-electron chi connectivity index (χ3n) is 5.62. The molecule has 7 nitrogen and oxygen atoms in total. The van der Waals surface area contributed by atoms with Gasteiger partial charge in [-0.25, -0.2) is 19.3 Å². The summed E-state index contributed by atoms with van der Waals surface area (Å²) in [4.78, 5) is 34.0. The molecule has 174 valence electrons. The number of amides is 1. The number of aromatic nitrogens is 5. The van der Waals surface area contributed by atoms with Gasteiger partial charge in [-0.2, -0.15) is 0 Å². The van der Waals surface area contributed by atoms with Crippen LogP contribution in [0, 0.1) is 12.7 Å². The minimum Gasteiger partial charge on any atom is -0.352 e. The number of H-pyrrole nitrogens is 1. The topological polar surface area (TPSA) is 96.5 Å². The number of hydrogen-bond donors (Lipinski definition) is 2. The van der Waals surface area contributed by atoms with E-state index in [0.29, 0.717) is 34.5 Å². The van der Waals surface area contributed by atoms with Crippen molar-refractivity contribution < 1.29 is 9.18 Å². The summed E-state index contributed by atoms with van der Waals surface area (Å²) in [6, 6.07) is 13.4. The van der Waals surface area contributed by atoms with Crippen LogP contribution in [0.25, 0.3) is 33.5 Å². The molecule has 2 N–H and O–H groups in total. The van der Waals surface area contributed by atoms with Crippen molar-refractivity contribution in [3.63, 3.8) is 0 Å². The average Bonchev–Trinajstić information content (AvgIpc) is 3.39. The number of aryl methyl sites for hydroxylation is 2. The van der Waals surface area contributed by atoms with Crippen LogP contribution in [0.5, 0.6) is 0 Å². The van der Waals surface area contributed by atoms with E-state index in [0.717, 1.165) is 35.4 Å². The molecule has 0 radical (unpaired) electrons. The molecule has 0 bridgehead atoms. The Kier molecular flexibility index (Phi) is 6.26. The fraction of sp³-hybridized carbons (Fsp3) is 0.148. The summed E-state index contributed by atoms with van der Waals surface area (Å²) in [7, 11) is 0. The fourth-order valence-corrected chi connectivity index (χ4v) is 3.88. The smallest absolute Gasteiger partial charge is 0.251 e. The standard InChI is InChI=1S/C27H23FN6O/c1-17-13-20(16-29-15-17)26-25(18-4-7-21(28)8-5-18)33-22-9-6-19(14-23(22)34-26)27(35)32-10-2-3-24-30-11-12-31-24/h4-9,11-16H,2-3,10H2,1H3,(H,30,31)(H,32,35). The molecule has 5 aromatic rings. The maximum absolute atomic E-state index is 13.5. The van der Waals surface area contributed by atoms with Crippen LogP contribution in [0.4, 0.5) is 4.39 Å². The maximum atomic E-state index is 13.5. The Hall–Kier alpha value is -4.46. The highest BCUT2D eigenvalue weighted by Gasteiger charge is 2.15. The molecule has 0 fully saturated rings. The van der Waals surface area contributed by atoms with E-state index >= 15 is 0 Å². The number of hydrogen-bond acceptors (Lipinski definition) is 5. The third kappa shape index (κ3) is 5.06. The third-order valence-corrected chi connectivity index (χ3v) is 5.62. The summed E-state index contributed by atoms with van der Waals surface area (Å²) in [6.07, 6.45) is 8.53. The van der Waals surface area contributed by atoms with Crippen LogP contribution in [-0.4, -0.2) is 37.4 Å². The summed E-state index contributed by atoms with van der Waals surface area (Å²) in [6.45, 7) is 2.49. The quantitative estimate of drug-likeness (QED) is 0.333. The number of nitrogens with zero attached hydrogens (tertiary/aromatic N) is 4. The van der Waals surface area contributed by atoms with Crippen molar-refractivity contribution in [1.29, 1.82) is 0 Å². The molecule has 0 atom stereocenters. The summed E-state index contributed by atoms with van der Waals surface area (Å²) in [5, 5.41) is 2.95. The molecular weight excluding hydrogens is 443 g/mol. The van der Waals surface area contributed by atoms with Gasteiger partial charge in [0.05, 0.1) is 22.4 Å². The van der Waals surface area contributed by atoms with E-state index in [1.54, 1.807) is 55.1 Å². The van der Waals surface area contributed by atoms with E-state index in [2.05, 4.69) is 20.3 Å². The molecule has 35 heavy (non-hydrogen) atoms. The van der Waals surface area contributed by atoms with Crippen molar-refractivity contribution in [1.82, 2.24) is 30.2 Å². The fourth-order valence-electron chi connectivity index (χ4n) is 3.88. The highest BCUT2D eigenvalue weighted by Crippen LogP contribution is 2.31. The normalized spacial score (nSPS) is 11.0. The molecule has 1 amide bonds.